The molecule has 2 aromatic carbocycles. The molecule has 10 heteroatoms. The molecule has 5 rings (SSSR count). The van der Waals surface area contributed by atoms with Crippen LogP contribution < -0.4 is 5.32 Å². The summed E-state index contributed by atoms with van der Waals surface area (Å²) in [6, 6.07) is 12.7. The zero-order chi connectivity index (χ0) is 25.6. The van der Waals surface area contributed by atoms with Gasteiger partial charge in [0, 0.05) is 6.42 Å². The number of hydrogen-bond donors (Lipinski definition) is 1. The minimum absolute atomic E-state index is 0.0593. The fourth-order valence-electron chi connectivity index (χ4n) is 4.41. The maximum atomic E-state index is 13.8. The van der Waals surface area contributed by atoms with Crippen LogP contribution in [0.25, 0.3) is 0 Å². The van der Waals surface area contributed by atoms with Gasteiger partial charge in [0.2, 0.25) is 0 Å². The molecule has 1 N–H and O–H groups in total. The van der Waals surface area contributed by atoms with Gasteiger partial charge < -0.3 is 9.73 Å². The van der Waals surface area contributed by atoms with Crippen LogP contribution in [0.3, 0.4) is 0 Å². The monoisotopic (exact) mass is 492 g/mol. The van der Waals surface area contributed by atoms with E-state index in [1.54, 1.807) is 12.1 Å². The van der Waals surface area contributed by atoms with Gasteiger partial charge in [-0.05, 0) is 49.2 Å². The summed E-state index contributed by atoms with van der Waals surface area (Å²) in [5, 5.41) is 8.23. The van der Waals surface area contributed by atoms with Crippen LogP contribution in [0.15, 0.2) is 70.4 Å². The van der Waals surface area contributed by atoms with E-state index in [1.165, 1.54) is 24.3 Å². The first-order chi connectivity index (χ1) is 17.2. The van der Waals surface area contributed by atoms with Crippen molar-refractivity contribution in [3.05, 3.63) is 94.9 Å². The molecule has 184 valence electrons. The fourth-order valence-corrected chi connectivity index (χ4v) is 4.41. The molecule has 2 atom stereocenters. The molecule has 1 fully saturated rings. The molecule has 8 nitrogen and oxygen atoms in total. The molecule has 0 aliphatic carbocycles. The van der Waals surface area contributed by atoms with E-state index in [4.69, 9.17) is 4.42 Å². The Balaban J connectivity index is 1.41. The zero-order valence-corrected chi connectivity index (χ0v) is 19.5. The quantitative estimate of drug-likeness (QED) is 0.545. The lowest BCUT2D eigenvalue weighted by Gasteiger charge is -2.24. The van der Waals surface area contributed by atoms with Crippen LogP contribution in [-0.2, 0) is 15.1 Å². The Hall–Kier alpha value is -4.34. The van der Waals surface area contributed by atoms with Gasteiger partial charge in [-0.2, -0.15) is 5.10 Å². The van der Waals surface area contributed by atoms with Gasteiger partial charge in [0.15, 0.2) is 11.6 Å². The summed E-state index contributed by atoms with van der Waals surface area (Å²) in [5.74, 6) is -3.08. The Kier molecular flexibility index (Phi) is 5.66. The lowest BCUT2D eigenvalue weighted by molar-refractivity contribution is -0.140. The summed E-state index contributed by atoms with van der Waals surface area (Å²) in [7, 11) is 0. The van der Waals surface area contributed by atoms with Crippen LogP contribution in [-0.4, -0.2) is 40.0 Å². The molecule has 3 heterocycles. The Morgan fingerprint density at radius 3 is 2.56 bits per heavy atom. The summed E-state index contributed by atoms with van der Waals surface area (Å²) in [6.07, 6.45) is 1.88. The average Bonchev–Trinajstić information content (AvgIpc) is 3.58. The number of urea groups is 1. The van der Waals surface area contributed by atoms with Gasteiger partial charge in [0.1, 0.15) is 23.9 Å². The fraction of sp³-hybridized carbons (Fsp3) is 0.231. The van der Waals surface area contributed by atoms with Crippen molar-refractivity contribution in [1.82, 2.24) is 15.2 Å². The van der Waals surface area contributed by atoms with Crippen LogP contribution in [0.1, 0.15) is 41.8 Å². The van der Waals surface area contributed by atoms with Gasteiger partial charge in [0.05, 0.1) is 12.0 Å². The van der Waals surface area contributed by atoms with Crippen molar-refractivity contribution in [2.24, 2.45) is 5.10 Å². The van der Waals surface area contributed by atoms with E-state index >= 15 is 0 Å². The van der Waals surface area contributed by atoms with Crippen LogP contribution >= 0.6 is 0 Å². The maximum absolute atomic E-state index is 13.8. The van der Waals surface area contributed by atoms with Gasteiger partial charge in [-0.25, -0.2) is 18.6 Å². The Morgan fingerprint density at radius 1 is 1.14 bits per heavy atom. The highest BCUT2D eigenvalue weighted by Gasteiger charge is 2.50. The van der Waals surface area contributed by atoms with Crippen molar-refractivity contribution in [3.8, 4) is 0 Å². The standard InChI is InChI=1S/C26H22F2N4O4/c1-15-5-7-16(8-6-15)20-13-21(22-4-3-11-36-22)32(30-20)23(33)14-31-24(34)26(2,29-25(31)35)17-9-10-18(27)19(28)12-17/h3-12,21H,13-14H2,1-2H3,(H,29,35)/t21-,26+/m0/s1. The first kappa shape index (κ1) is 23.4. The van der Waals surface area contributed by atoms with Crippen LogP contribution in [0.2, 0.25) is 0 Å². The van der Waals surface area contributed by atoms with E-state index in [9.17, 15) is 23.2 Å². The Bertz CT molecular complexity index is 1390. The molecule has 4 amide bonds. The first-order valence-corrected chi connectivity index (χ1v) is 11.3. The lowest BCUT2D eigenvalue weighted by Crippen LogP contribution is -2.43. The average molecular weight is 492 g/mol. The van der Waals surface area contributed by atoms with E-state index in [0.717, 1.165) is 28.2 Å². The second-order valence-corrected chi connectivity index (χ2v) is 8.96. The number of rotatable bonds is 5. The molecule has 1 saturated heterocycles. The number of nitrogens with zero attached hydrogens (tertiary/aromatic N) is 3. The van der Waals surface area contributed by atoms with E-state index in [1.807, 2.05) is 31.2 Å². The molecule has 2 aliphatic heterocycles. The SMILES string of the molecule is Cc1ccc(C2=NN(C(=O)CN3C(=O)N[C@](C)(c4ccc(F)c(F)c4)C3=O)[C@H](c3ccco3)C2)cc1. The number of aryl methyl sites for hydroxylation is 1. The van der Waals surface area contributed by atoms with Crippen molar-refractivity contribution < 1.29 is 27.6 Å². The molecular weight excluding hydrogens is 470 g/mol. The number of carbonyl (C=O) groups excluding carboxylic acids is 3. The number of nitrogens with one attached hydrogen (secondary N) is 1. The molecule has 0 radical (unpaired) electrons. The normalized spacial score (nSPS) is 21.7. The number of imide groups is 1. The molecule has 3 aromatic rings. The van der Waals surface area contributed by atoms with Crippen LogP contribution in [0.4, 0.5) is 13.6 Å². The number of halogens is 2. The summed E-state index contributed by atoms with van der Waals surface area (Å²) in [6.45, 7) is 2.75. The minimum Gasteiger partial charge on any atom is -0.467 e. The van der Waals surface area contributed by atoms with Crippen molar-refractivity contribution in [2.45, 2.75) is 31.8 Å². The summed E-state index contributed by atoms with van der Waals surface area (Å²) < 4.78 is 32.8. The molecule has 36 heavy (non-hydrogen) atoms. The second kappa shape index (κ2) is 8.71. The molecule has 0 spiro atoms. The smallest absolute Gasteiger partial charge is 0.325 e. The highest BCUT2D eigenvalue weighted by atomic mass is 19.2. The molecule has 1 aromatic heterocycles. The number of hydrazone groups is 1. The van der Waals surface area contributed by atoms with Gasteiger partial charge in [-0.3, -0.25) is 14.5 Å². The number of carbonyl (C=O) groups is 3. The van der Waals surface area contributed by atoms with Crippen molar-refractivity contribution >= 4 is 23.6 Å². The number of hydrogen-bond acceptors (Lipinski definition) is 5. The predicted molar refractivity (Wildman–Crippen MR) is 125 cm³/mol. The Morgan fingerprint density at radius 2 is 1.89 bits per heavy atom. The van der Waals surface area contributed by atoms with Gasteiger partial charge in [0.25, 0.3) is 11.8 Å². The summed E-state index contributed by atoms with van der Waals surface area (Å²) in [5.41, 5.74) is 0.981. The minimum atomic E-state index is -1.66. The van der Waals surface area contributed by atoms with E-state index in [0.29, 0.717) is 17.9 Å². The maximum Gasteiger partial charge on any atom is 0.325 e. The summed E-state index contributed by atoms with van der Waals surface area (Å²) in [4.78, 5) is 40.0. The predicted octanol–water partition coefficient (Wildman–Crippen LogP) is 4.01. The zero-order valence-electron chi connectivity index (χ0n) is 19.5. The third kappa shape index (κ3) is 3.94. The van der Waals surface area contributed by atoms with E-state index < -0.39 is 47.6 Å². The van der Waals surface area contributed by atoms with Crippen molar-refractivity contribution in [2.75, 3.05) is 6.54 Å². The second-order valence-electron chi connectivity index (χ2n) is 8.96. The first-order valence-electron chi connectivity index (χ1n) is 11.3. The largest absolute Gasteiger partial charge is 0.467 e. The number of amides is 4. The van der Waals surface area contributed by atoms with Crippen molar-refractivity contribution in [1.29, 1.82) is 0 Å². The third-order valence-electron chi connectivity index (χ3n) is 6.49. The van der Waals surface area contributed by atoms with Crippen LogP contribution in [0.5, 0.6) is 0 Å². The van der Waals surface area contributed by atoms with E-state index in [2.05, 4.69) is 10.4 Å². The van der Waals surface area contributed by atoms with E-state index in [-0.39, 0.29) is 5.56 Å². The molecule has 0 bridgehead atoms. The Labute approximate surface area is 205 Å². The molecular formula is C26H22F2N4O4. The third-order valence-corrected chi connectivity index (χ3v) is 6.49. The highest BCUT2D eigenvalue weighted by Crippen LogP contribution is 2.34. The lowest BCUT2D eigenvalue weighted by atomic mass is 9.92. The topological polar surface area (TPSA) is 95.2 Å². The molecule has 2 aliphatic rings. The van der Waals surface area contributed by atoms with Crippen molar-refractivity contribution in [3.63, 3.8) is 0 Å². The van der Waals surface area contributed by atoms with Gasteiger partial charge in [-0.15, -0.1) is 0 Å². The summed E-state index contributed by atoms with van der Waals surface area (Å²) >= 11 is 0. The van der Waals surface area contributed by atoms with Gasteiger partial charge in [-0.1, -0.05) is 35.9 Å². The molecule has 0 unspecified atom stereocenters. The number of benzene rings is 2. The molecule has 0 saturated carbocycles. The number of furan rings is 1. The van der Waals surface area contributed by atoms with Gasteiger partial charge >= 0.3 is 6.03 Å². The van der Waals surface area contributed by atoms with Crippen LogP contribution in [0, 0.1) is 18.6 Å². The highest BCUT2D eigenvalue weighted by molar-refractivity contribution is 6.09.